The number of hydrogen-bond acceptors (Lipinski definition) is 8. The molecule has 4 aromatic rings. The van der Waals surface area contributed by atoms with E-state index in [1.54, 1.807) is 66.6 Å². The lowest BCUT2D eigenvalue weighted by molar-refractivity contribution is 0.386. The topological polar surface area (TPSA) is 117 Å². The highest BCUT2D eigenvalue weighted by Crippen LogP contribution is 2.30. The predicted molar refractivity (Wildman–Crippen MR) is 121 cm³/mol. The fourth-order valence-electron chi connectivity index (χ4n) is 3.02. The van der Waals surface area contributed by atoms with E-state index in [-0.39, 0.29) is 10.6 Å². The molecular formula is C22H21N5O5S. The molecule has 4 rings (SSSR count). The largest absolute Gasteiger partial charge is 0.497 e. The molecule has 2 aromatic carbocycles. The maximum absolute atomic E-state index is 12.9. The number of rotatable bonds is 8. The van der Waals surface area contributed by atoms with Gasteiger partial charge in [-0.3, -0.25) is 9.29 Å². The van der Waals surface area contributed by atoms with Crippen molar-refractivity contribution < 1.29 is 22.6 Å². The predicted octanol–water partition coefficient (Wildman–Crippen LogP) is 3.58. The van der Waals surface area contributed by atoms with Crippen LogP contribution in [-0.2, 0) is 10.0 Å². The number of ether oxygens (including phenoxy) is 3. The molecule has 2 heterocycles. The van der Waals surface area contributed by atoms with Crippen LogP contribution < -0.4 is 18.9 Å². The smallest absolute Gasteiger partial charge is 0.265 e. The van der Waals surface area contributed by atoms with Crippen LogP contribution in [0.4, 0.5) is 5.69 Å². The van der Waals surface area contributed by atoms with Crippen LogP contribution in [0.1, 0.15) is 5.82 Å². The van der Waals surface area contributed by atoms with Gasteiger partial charge in [0, 0.05) is 30.2 Å². The van der Waals surface area contributed by atoms with Crippen LogP contribution >= 0.6 is 0 Å². The molecule has 33 heavy (non-hydrogen) atoms. The lowest BCUT2D eigenvalue weighted by Gasteiger charge is -2.13. The minimum absolute atomic E-state index is 0.00498. The van der Waals surface area contributed by atoms with Crippen molar-refractivity contribution in [2.75, 3.05) is 18.9 Å². The lowest BCUT2D eigenvalue weighted by Crippen LogP contribution is -2.14. The van der Waals surface area contributed by atoms with Gasteiger partial charge in [-0.15, -0.1) is 0 Å². The first-order valence-electron chi connectivity index (χ1n) is 9.75. The molecule has 1 N–H and O–H groups in total. The third-order valence-corrected chi connectivity index (χ3v) is 5.98. The number of anilines is 1. The number of benzene rings is 2. The molecule has 0 aliphatic carbocycles. The maximum Gasteiger partial charge on any atom is 0.265 e. The SMILES string of the molecule is COc1ccc(S(=O)(=O)Nc2ccc(Oc3cc(-n4ccnc4)nc(C)n3)cc2)c(OC)c1. The van der Waals surface area contributed by atoms with E-state index < -0.39 is 10.0 Å². The summed E-state index contributed by atoms with van der Waals surface area (Å²) in [6.45, 7) is 1.76. The van der Waals surface area contributed by atoms with Crippen molar-refractivity contribution >= 4 is 15.7 Å². The Balaban J connectivity index is 1.51. The van der Waals surface area contributed by atoms with Gasteiger partial charge in [0.15, 0.2) is 0 Å². The van der Waals surface area contributed by atoms with Gasteiger partial charge in [-0.1, -0.05) is 0 Å². The fourth-order valence-corrected chi connectivity index (χ4v) is 4.23. The molecule has 0 radical (unpaired) electrons. The first kappa shape index (κ1) is 22.1. The van der Waals surface area contributed by atoms with E-state index in [0.717, 1.165) is 0 Å². The molecule has 10 nitrogen and oxygen atoms in total. The number of methoxy groups -OCH3 is 2. The van der Waals surface area contributed by atoms with Gasteiger partial charge in [0.2, 0.25) is 5.88 Å². The number of nitrogens with one attached hydrogen (secondary N) is 1. The summed E-state index contributed by atoms with van der Waals surface area (Å²) in [6, 6.07) is 12.6. The molecule has 0 saturated heterocycles. The number of aryl methyl sites for hydroxylation is 1. The van der Waals surface area contributed by atoms with Crippen LogP contribution in [-0.4, -0.2) is 42.2 Å². The molecule has 0 fully saturated rings. The van der Waals surface area contributed by atoms with Gasteiger partial charge in [-0.2, -0.15) is 4.98 Å². The Morgan fingerprint density at radius 3 is 2.36 bits per heavy atom. The highest BCUT2D eigenvalue weighted by molar-refractivity contribution is 7.92. The minimum Gasteiger partial charge on any atom is -0.497 e. The highest BCUT2D eigenvalue weighted by atomic mass is 32.2. The van der Waals surface area contributed by atoms with Gasteiger partial charge in [-0.25, -0.2) is 18.4 Å². The van der Waals surface area contributed by atoms with Crippen LogP contribution in [0.25, 0.3) is 5.82 Å². The van der Waals surface area contributed by atoms with Crippen LogP contribution in [0.2, 0.25) is 0 Å². The summed E-state index contributed by atoms with van der Waals surface area (Å²) in [4.78, 5) is 12.7. The molecule has 2 aromatic heterocycles. The summed E-state index contributed by atoms with van der Waals surface area (Å²) in [7, 11) is -1.00. The Hall–Kier alpha value is -4.12. The third-order valence-electron chi connectivity index (χ3n) is 4.56. The molecule has 0 atom stereocenters. The summed E-state index contributed by atoms with van der Waals surface area (Å²) >= 11 is 0. The lowest BCUT2D eigenvalue weighted by atomic mass is 10.3. The second-order valence-corrected chi connectivity index (χ2v) is 8.48. The Bertz CT molecular complexity index is 1360. The van der Waals surface area contributed by atoms with E-state index in [0.29, 0.717) is 34.7 Å². The van der Waals surface area contributed by atoms with Crippen molar-refractivity contribution in [2.45, 2.75) is 11.8 Å². The second kappa shape index (κ2) is 9.17. The van der Waals surface area contributed by atoms with E-state index in [9.17, 15) is 8.42 Å². The average Bonchev–Trinajstić information content (AvgIpc) is 3.34. The summed E-state index contributed by atoms with van der Waals surface area (Å²) < 4.78 is 46.1. The van der Waals surface area contributed by atoms with E-state index in [1.165, 1.54) is 26.4 Å². The first-order valence-corrected chi connectivity index (χ1v) is 11.2. The zero-order valence-corrected chi connectivity index (χ0v) is 18.9. The van der Waals surface area contributed by atoms with Crippen molar-refractivity contribution in [3.05, 3.63) is 73.1 Å². The average molecular weight is 468 g/mol. The quantitative estimate of drug-likeness (QED) is 0.418. The molecule has 0 aliphatic heterocycles. The number of nitrogens with zero attached hydrogens (tertiary/aromatic N) is 4. The van der Waals surface area contributed by atoms with Crippen LogP contribution in [0, 0.1) is 6.92 Å². The molecular weight excluding hydrogens is 446 g/mol. The standard InChI is InChI=1S/C22H21N5O5S/c1-15-24-21(27-11-10-23-14-27)13-22(25-15)32-17-6-4-16(5-7-17)26-33(28,29)20-9-8-18(30-2)12-19(20)31-3/h4-14,26H,1-3H3. The Kier molecular flexibility index (Phi) is 6.13. The van der Waals surface area contributed by atoms with E-state index >= 15 is 0 Å². The van der Waals surface area contributed by atoms with Gasteiger partial charge in [-0.05, 0) is 43.3 Å². The number of hydrogen-bond donors (Lipinski definition) is 1. The summed E-state index contributed by atoms with van der Waals surface area (Å²) in [6.07, 6.45) is 5.05. The summed E-state index contributed by atoms with van der Waals surface area (Å²) in [5.74, 6) is 2.65. The molecule has 0 aliphatic rings. The van der Waals surface area contributed by atoms with Crippen molar-refractivity contribution in [1.82, 2.24) is 19.5 Å². The van der Waals surface area contributed by atoms with E-state index in [2.05, 4.69) is 19.7 Å². The van der Waals surface area contributed by atoms with Crippen molar-refractivity contribution in [2.24, 2.45) is 0 Å². The van der Waals surface area contributed by atoms with Gasteiger partial charge in [0.1, 0.15) is 40.1 Å². The molecule has 170 valence electrons. The molecule has 11 heteroatoms. The summed E-state index contributed by atoms with van der Waals surface area (Å²) in [5.41, 5.74) is 0.359. The fraction of sp³-hybridized carbons (Fsp3) is 0.136. The van der Waals surface area contributed by atoms with Crippen LogP contribution in [0.5, 0.6) is 23.1 Å². The molecule has 0 unspecified atom stereocenters. The normalized spacial score (nSPS) is 11.1. The second-order valence-electron chi connectivity index (χ2n) is 6.83. The van der Waals surface area contributed by atoms with Crippen LogP contribution in [0.15, 0.2) is 72.1 Å². The Labute approximate surface area is 190 Å². The molecule has 0 spiro atoms. The maximum atomic E-state index is 12.9. The molecule has 0 bridgehead atoms. The van der Waals surface area contributed by atoms with Gasteiger partial charge in [0.05, 0.1) is 14.2 Å². The highest BCUT2D eigenvalue weighted by Gasteiger charge is 2.20. The van der Waals surface area contributed by atoms with E-state index in [4.69, 9.17) is 14.2 Å². The van der Waals surface area contributed by atoms with Gasteiger partial charge >= 0.3 is 0 Å². The Morgan fingerprint density at radius 1 is 0.939 bits per heavy atom. The van der Waals surface area contributed by atoms with Crippen molar-refractivity contribution in [1.29, 1.82) is 0 Å². The Morgan fingerprint density at radius 2 is 1.70 bits per heavy atom. The zero-order valence-electron chi connectivity index (χ0n) is 18.1. The van der Waals surface area contributed by atoms with Crippen molar-refractivity contribution in [3.63, 3.8) is 0 Å². The molecule has 0 amide bonds. The monoisotopic (exact) mass is 467 g/mol. The number of imidazole rings is 1. The first-order chi connectivity index (χ1) is 15.9. The van der Waals surface area contributed by atoms with Gasteiger partial charge < -0.3 is 14.2 Å². The zero-order chi connectivity index (χ0) is 23.4. The van der Waals surface area contributed by atoms with Crippen LogP contribution in [0.3, 0.4) is 0 Å². The molecule has 0 saturated carbocycles. The van der Waals surface area contributed by atoms with Crippen molar-refractivity contribution in [3.8, 4) is 28.9 Å². The minimum atomic E-state index is -3.89. The number of aromatic nitrogens is 4. The van der Waals surface area contributed by atoms with Gasteiger partial charge in [0.25, 0.3) is 10.0 Å². The van der Waals surface area contributed by atoms with E-state index in [1.807, 2.05) is 0 Å². The number of sulfonamides is 1. The summed E-state index contributed by atoms with van der Waals surface area (Å²) in [5, 5.41) is 0. The third kappa shape index (κ3) is 5.04.